The number of fused-ring (bicyclic) bond motifs is 1. The Morgan fingerprint density at radius 3 is 2.31 bits per heavy atom. The first-order valence-electron chi connectivity index (χ1n) is 11.1. The molecule has 1 aliphatic carbocycles. The van der Waals surface area contributed by atoms with Crippen LogP contribution in [0, 0.1) is 18.2 Å². The second-order valence-electron chi connectivity index (χ2n) is 9.01. The highest BCUT2D eigenvalue weighted by Gasteiger charge is 2.52. The van der Waals surface area contributed by atoms with Gasteiger partial charge in [-0.05, 0) is 11.6 Å². The van der Waals surface area contributed by atoms with Crippen LogP contribution in [-0.2, 0) is 15.6 Å². The minimum absolute atomic E-state index is 0.0521. The number of carbonyl (C=O) groups is 1. The van der Waals surface area contributed by atoms with E-state index in [9.17, 15) is 22.0 Å². The molecule has 1 saturated carbocycles. The van der Waals surface area contributed by atoms with Gasteiger partial charge in [0.2, 0.25) is 10.0 Å². The molecule has 1 aliphatic heterocycles. The van der Waals surface area contributed by atoms with Gasteiger partial charge in [-0.2, -0.15) is 4.31 Å². The summed E-state index contributed by atoms with van der Waals surface area (Å²) in [6, 6.07) is 9.07. The van der Waals surface area contributed by atoms with E-state index in [1.54, 1.807) is 12.1 Å². The van der Waals surface area contributed by atoms with Crippen molar-refractivity contribution in [2.24, 2.45) is 0 Å². The summed E-state index contributed by atoms with van der Waals surface area (Å²) >= 11 is 0. The normalized spacial score (nSPS) is 17.8. The summed E-state index contributed by atoms with van der Waals surface area (Å²) in [4.78, 5) is 22.9. The lowest BCUT2D eigenvalue weighted by atomic mass is 9.93. The summed E-state index contributed by atoms with van der Waals surface area (Å²) in [7, 11) is -3.36. The first-order valence-corrected chi connectivity index (χ1v) is 13.0. The zero-order valence-corrected chi connectivity index (χ0v) is 19.8. The lowest BCUT2D eigenvalue weighted by Crippen LogP contribution is -2.50. The smallest absolute Gasteiger partial charge is 0.258 e. The van der Waals surface area contributed by atoms with E-state index < -0.39 is 33.1 Å². The molecule has 0 unspecified atom stereocenters. The Bertz CT molecular complexity index is 1490. The number of amides is 1. The molecule has 0 bridgehead atoms. The standard InChI is InChI=1S/C25H22F2N4O3S/c1-28-25(7-8-25)17-5-3-16(4-6-17)22-19-13-18(26)14-21(27)23(19)29-15-20(22)24(32)30-9-11-31(12-10-30)35(2,33)34/h3-6,13-15H,7-12H2,2H3. The molecule has 3 aromatic rings. The van der Waals surface area contributed by atoms with Crippen molar-refractivity contribution < 1.29 is 22.0 Å². The van der Waals surface area contributed by atoms with Crippen molar-refractivity contribution in [3.05, 3.63) is 76.8 Å². The number of carbonyl (C=O) groups excluding carboxylic acids is 1. The molecule has 2 aliphatic rings. The fourth-order valence-corrected chi connectivity index (χ4v) is 5.45. The maximum Gasteiger partial charge on any atom is 0.258 e. The van der Waals surface area contributed by atoms with E-state index in [4.69, 9.17) is 6.57 Å². The van der Waals surface area contributed by atoms with Crippen molar-refractivity contribution in [1.82, 2.24) is 14.2 Å². The Labute approximate surface area is 201 Å². The number of halogens is 2. The Balaban J connectivity index is 1.59. The van der Waals surface area contributed by atoms with Crippen LogP contribution < -0.4 is 0 Å². The van der Waals surface area contributed by atoms with Gasteiger partial charge in [0.05, 0.1) is 11.8 Å². The molecule has 10 heteroatoms. The van der Waals surface area contributed by atoms with Crippen molar-refractivity contribution in [1.29, 1.82) is 0 Å². The van der Waals surface area contributed by atoms with E-state index in [0.29, 0.717) is 11.1 Å². The summed E-state index contributed by atoms with van der Waals surface area (Å²) in [5.41, 5.74) is 1.41. The number of hydrogen-bond acceptors (Lipinski definition) is 4. The third-order valence-electron chi connectivity index (χ3n) is 6.76. The second kappa shape index (κ2) is 8.36. The Morgan fingerprint density at radius 1 is 1.09 bits per heavy atom. The molecule has 2 aromatic carbocycles. The van der Waals surface area contributed by atoms with E-state index in [1.165, 1.54) is 15.4 Å². The van der Waals surface area contributed by atoms with Crippen molar-refractivity contribution in [3.8, 4) is 11.1 Å². The minimum Gasteiger partial charge on any atom is -0.336 e. The van der Waals surface area contributed by atoms with Crippen LogP contribution in [0.2, 0.25) is 0 Å². The predicted molar refractivity (Wildman–Crippen MR) is 127 cm³/mol. The highest BCUT2D eigenvalue weighted by atomic mass is 32.2. The number of benzene rings is 2. The largest absolute Gasteiger partial charge is 0.336 e. The van der Waals surface area contributed by atoms with Crippen LogP contribution in [0.3, 0.4) is 0 Å². The number of hydrogen-bond donors (Lipinski definition) is 0. The first-order chi connectivity index (χ1) is 16.6. The van der Waals surface area contributed by atoms with Crippen LogP contribution >= 0.6 is 0 Å². The summed E-state index contributed by atoms with van der Waals surface area (Å²) < 4.78 is 53.8. The number of piperazine rings is 1. The minimum atomic E-state index is -3.36. The molecule has 1 saturated heterocycles. The number of rotatable bonds is 4. The molecule has 7 nitrogen and oxygen atoms in total. The molecule has 1 amide bonds. The van der Waals surface area contributed by atoms with Crippen LogP contribution in [0.4, 0.5) is 8.78 Å². The van der Waals surface area contributed by atoms with Crippen LogP contribution in [0.15, 0.2) is 42.6 Å². The monoisotopic (exact) mass is 496 g/mol. The molecule has 0 radical (unpaired) electrons. The van der Waals surface area contributed by atoms with Gasteiger partial charge in [-0.1, -0.05) is 24.3 Å². The number of aromatic nitrogens is 1. The van der Waals surface area contributed by atoms with E-state index in [0.717, 1.165) is 36.8 Å². The Hall–Kier alpha value is -3.42. The van der Waals surface area contributed by atoms with Gasteiger partial charge in [-0.15, -0.1) is 0 Å². The lowest BCUT2D eigenvalue weighted by molar-refractivity contribution is 0.0698. The zero-order valence-electron chi connectivity index (χ0n) is 19.0. The summed E-state index contributed by atoms with van der Waals surface area (Å²) in [6.45, 7) is 8.18. The third-order valence-corrected chi connectivity index (χ3v) is 8.07. The van der Waals surface area contributed by atoms with Gasteiger partial charge in [0.1, 0.15) is 11.3 Å². The maximum atomic E-state index is 14.6. The molecule has 1 aromatic heterocycles. The van der Waals surface area contributed by atoms with E-state index in [-0.39, 0.29) is 42.6 Å². The SMILES string of the molecule is [C-]#[N+]C1(c2ccc(-c3c(C(=O)N4CCN(S(C)(=O)=O)CC4)cnc4c(F)cc(F)cc34)cc2)CC1. The lowest BCUT2D eigenvalue weighted by Gasteiger charge is -2.33. The maximum absolute atomic E-state index is 14.6. The summed E-state index contributed by atoms with van der Waals surface area (Å²) in [5, 5.41) is 0.169. The van der Waals surface area contributed by atoms with E-state index >= 15 is 0 Å². The quantitative estimate of drug-likeness (QED) is 0.515. The summed E-state index contributed by atoms with van der Waals surface area (Å²) in [6.07, 6.45) is 3.99. The first kappa shape index (κ1) is 23.3. The van der Waals surface area contributed by atoms with Crippen LogP contribution in [0.5, 0.6) is 0 Å². The average Bonchev–Trinajstić information content (AvgIpc) is 3.64. The van der Waals surface area contributed by atoms with Gasteiger partial charge in [-0.25, -0.2) is 23.8 Å². The highest BCUT2D eigenvalue weighted by Crippen LogP contribution is 2.50. The van der Waals surface area contributed by atoms with Crippen molar-refractivity contribution in [2.45, 2.75) is 18.4 Å². The Kier molecular flexibility index (Phi) is 5.57. The fourth-order valence-electron chi connectivity index (χ4n) is 4.62. The van der Waals surface area contributed by atoms with E-state index in [2.05, 4.69) is 9.83 Å². The van der Waals surface area contributed by atoms with E-state index in [1.807, 2.05) is 12.1 Å². The van der Waals surface area contributed by atoms with Gasteiger partial charge in [-0.3, -0.25) is 9.78 Å². The van der Waals surface area contributed by atoms with Crippen molar-refractivity contribution >= 4 is 26.8 Å². The summed E-state index contributed by atoms with van der Waals surface area (Å²) in [5.74, 6) is -2.01. The van der Waals surface area contributed by atoms with Gasteiger partial charge in [0.15, 0.2) is 5.82 Å². The molecular formula is C25H22F2N4O3S. The number of nitrogens with zero attached hydrogens (tertiary/aromatic N) is 4. The Morgan fingerprint density at radius 2 is 1.74 bits per heavy atom. The van der Waals surface area contributed by atoms with Crippen LogP contribution in [-0.4, -0.2) is 60.9 Å². The number of pyridine rings is 1. The van der Waals surface area contributed by atoms with Gasteiger partial charge >= 0.3 is 0 Å². The molecule has 0 spiro atoms. The van der Waals surface area contributed by atoms with Gasteiger partial charge in [0, 0.05) is 67.8 Å². The topological polar surface area (TPSA) is 74.9 Å². The molecule has 0 N–H and O–H groups in total. The molecule has 180 valence electrons. The highest BCUT2D eigenvalue weighted by molar-refractivity contribution is 7.88. The molecule has 2 heterocycles. The zero-order chi connectivity index (χ0) is 25.0. The molecule has 35 heavy (non-hydrogen) atoms. The predicted octanol–water partition coefficient (Wildman–Crippen LogP) is 3.81. The van der Waals surface area contributed by atoms with Crippen molar-refractivity contribution in [2.75, 3.05) is 32.4 Å². The van der Waals surface area contributed by atoms with Crippen LogP contribution in [0.25, 0.3) is 26.9 Å². The van der Waals surface area contributed by atoms with Gasteiger partial charge in [0.25, 0.3) is 11.4 Å². The molecular weight excluding hydrogens is 474 g/mol. The molecule has 0 atom stereocenters. The van der Waals surface area contributed by atoms with Crippen LogP contribution in [0.1, 0.15) is 28.8 Å². The second-order valence-corrected chi connectivity index (χ2v) is 11.0. The van der Waals surface area contributed by atoms with Crippen molar-refractivity contribution in [3.63, 3.8) is 0 Å². The third kappa shape index (κ3) is 4.15. The average molecular weight is 497 g/mol. The fraction of sp³-hybridized carbons (Fsp3) is 0.320. The van der Waals surface area contributed by atoms with Gasteiger partial charge < -0.3 is 9.74 Å². The molecule has 2 fully saturated rings. The molecule has 5 rings (SSSR count). The number of sulfonamides is 1.